The van der Waals surface area contributed by atoms with Gasteiger partial charge in [-0.1, -0.05) is 11.6 Å². The maximum absolute atomic E-state index is 13.1. The molecule has 1 aliphatic rings. The molecule has 0 aliphatic carbocycles. The van der Waals surface area contributed by atoms with Gasteiger partial charge in [-0.3, -0.25) is 4.79 Å². The average molecular weight is 425 g/mol. The summed E-state index contributed by atoms with van der Waals surface area (Å²) < 4.78 is 38.5. The summed E-state index contributed by atoms with van der Waals surface area (Å²) in [6.07, 6.45) is 3.29. The van der Waals surface area contributed by atoms with E-state index in [9.17, 15) is 17.6 Å². The Morgan fingerprint density at radius 3 is 2.39 bits per heavy atom. The highest BCUT2D eigenvalue weighted by Gasteiger charge is 2.30. The lowest BCUT2D eigenvalue weighted by atomic mass is 10.1. The van der Waals surface area contributed by atoms with Crippen LogP contribution in [0, 0.1) is 5.82 Å². The lowest BCUT2D eigenvalue weighted by Crippen LogP contribution is -2.34. The topological polar surface area (TPSA) is 66.5 Å². The van der Waals surface area contributed by atoms with E-state index in [1.54, 1.807) is 12.1 Å². The van der Waals surface area contributed by atoms with E-state index in [0.717, 1.165) is 55.9 Å². The van der Waals surface area contributed by atoms with Crippen molar-refractivity contribution in [3.05, 3.63) is 53.3 Å². The minimum atomic E-state index is -3.95. The largest absolute Gasteiger partial charge is 0.370 e. The van der Waals surface area contributed by atoms with E-state index in [4.69, 9.17) is 11.6 Å². The maximum atomic E-state index is 13.1. The Balaban J connectivity index is 1.84. The molecule has 0 aromatic heterocycles. The summed E-state index contributed by atoms with van der Waals surface area (Å²) in [6.45, 7) is 3.06. The number of hydrogen-bond donors (Lipinski definition) is 1. The smallest absolute Gasteiger partial charge is 0.242 e. The van der Waals surface area contributed by atoms with Gasteiger partial charge in [0.15, 0.2) is 9.84 Å². The Morgan fingerprint density at radius 1 is 1.11 bits per heavy atom. The summed E-state index contributed by atoms with van der Waals surface area (Å²) in [5.41, 5.74) is 1.31. The first-order valence-electron chi connectivity index (χ1n) is 9.14. The van der Waals surface area contributed by atoms with Crippen molar-refractivity contribution < 1.29 is 17.6 Å². The van der Waals surface area contributed by atoms with Gasteiger partial charge in [0.2, 0.25) is 5.91 Å². The Bertz CT molecular complexity index is 958. The second kappa shape index (κ2) is 8.49. The summed E-state index contributed by atoms with van der Waals surface area (Å²) in [5, 5.41) is 1.83. The van der Waals surface area contributed by atoms with E-state index in [1.165, 1.54) is 13.3 Å². The van der Waals surface area contributed by atoms with E-state index >= 15 is 0 Å². The van der Waals surface area contributed by atoms with Crippen LogP contribution in [0.5, 0.6) is 0 Å². The van der Waals surface area contributed by atoms with Crippen LogP contribution in [0.2, 0.25) is 5.02 Å². The molecule has 8 heteroatoms. The molecule has 0 saturated carbocycles. The highest BCUT2D eigenvalue weighted by atomic mass is 35.5. The molecule has 0 radical (unpaired) electrons. The van der Waals surface area contributed by atoms with Gasteiger partial charge >= 0.3 is 0 Å². The molecule has 1 amide bonds. The fourth-order valence-corrected chi connectivity index (χ4v) is 4.66. The van der Waals surface area contributed by atoms with Gasteiger partial charge in [-0.25, -0.2) is 12.8 Å². The van der Waals surface area contributed by atoms with Crippen molar-refractivity contribution in [3.63, 3.8) is 0 Å². The third kappa shape index (κ3) is 4.47. The van der Waals surface area contributed by atoms with E-state index in [1.807, 2.05) is 6.07 Å². The number of halogens is 2. The number of anilines is 2. The molecule has 2 aromatic carbocycles. The normalized spacial score (nSPS) is 15.9. The van der Waals surface area contributed by atoms with Crippen LogP contribution in [0.15, 0.2) is 47.4 Å². The molecule has 1 fully saturated rings. The number of carbonyl (C=O) groups excluding carboxylic acids is 1. The number of nitrogens with zero attached hydrogens (tertiary/aromatic N) is 1. The Morgan fingerprint density at radius 2 is 1.75 bits per heavy atom. The summed E-state index contributed by atoms with van der Waals surface area (Å²) in [5.74, 6) is -1.20. The van der Waals surface area contributed by atoms with Crippen molar-refractivity contribution in [2.45, 2.75) is 36.3 Å². The minimum Gasteiger partial charge on any atom is -0.370 e. The second-order valence-corrected chi connectivity index (χ2v) is 9.54. The lowest BCUT2D eigenvalue weighted by Gasteiger charge is -2.31. The van der Waals surface area contributed by atoms with Crippen molar-refractivity contribution in [2.24, 2.45) is 0 Å². The molecule has 1 unspecified atom stereocenters. The molecule has 150 valence electrons. The van der Waals surface area contributed by atoms with Crippen molar-refractivity contribution in [1.29, 1.82) is 0 Å². The molecule has 3 rings (SSSR count). The monoisotopic (exact) mass is 424 g/mol. The fraction of sp³-hybridized carbons (Fsp3) is 0.350. The zero-order valence-electron chi connectivity index (χ0n) is 15.5. The van der Waals surface area contributed by atoms with Crippen LogP contribution in [0.25, 0.3) is 0 Å². The van der Waals surface area contributed by atoms with Gasteiger partial charge in [0.05, 0.1) is 16.3 Å². The first kappa shape index (κ1) is 20.6. The number of rotatable bonds is 5. The second-order valence-electron chi connectivity index (χ2n) is 6.84. The standard InChI is InChI=1S/C20H22ClFN2O3S/c1-14(28(26,27)17-8-6-16(22)7-9-17)20(25)23-18-13-15(21)5-10-19(18)24-11-3-2-4-12-24/h5-10,13-14H,2-4,11-12H2,1H3,(H,23,25). The lowest BCUT2D eigenvalue weighted by molar-refractivity contribution is -0.115. The van der Waals surface area contributed by atoms with Crippen molar-refractivity contribution in [2.75, 3.05) is 23.3 Å². The number of carbonyl (C=O) groups is 1. The van der Waals surface area contributed by atoms with E-state index in [2.05, 4.69) is 10.2 Å². The third-order valence-electron chi connectivity index (χ3n) is 4.89. The van der Waals surface area contributed by atoms with Gasteiger partial charge in [-0.2, -0.15) is 0 Å². The Hall–Kier alpha value is -2.12. The average Bonchev–Trinajstić information content (AvgIpc) is 2.68. The number of benzene rings is 2. The van der Waals surface area contributed by atoms with Gasteiger partial charge in [0.25, 0.3) is 0 Å². The predicted octanol–water partition coefficient (Wildman–Crippen LogP) is 4.27. The molecule has 1 atom stereocenters. The molecule has 1 saturated heterocycles. The molecule has 0 spiro atoms. The minimum absolute atomic E-state index is 0.0982. The predicted molar refractivity (Wildman–Crippen MR) is 109 cm³/mol. The van der Waals surface area contributed by atoms with Crippen LogP contribution >= 0.6 is 11.6 Å². The number of sulfone groups is 1. The van der Waals surface area contributed by atoms with Gasteiger partial charge < -0.3 is 10.2 Å². The first-order valence-corrected chi connectivity index (χ1v) is 11.1. The van der Waals surface area contributed by atoms with Gasteiger partial charge in [-0.15, -0.1) is 0 Å². The molecule has 28 heavy (non-hydrogen) atoms. The highest BCUT2D eigenvalue weighted by Crippen LogP contribution is 2.32. The molecule has 5 nitrogen and oxygen atoms in total. The molecule has 1 N–H and O–H groups in total. The number of amides is 1. The van der Waals surface area contributed by atoms with Crippen LogP contribution in [0.1, 0.15) is 26.2 Å². The Kier molecular flexibility index (Phi) is 6.25. The zero-order valence-corrected chi connectivity index (χ0v) is 17.1. The molecule has 1 aliphatic heterocycles. The SMILES string of the molecule is CC(C(=O)Nc1cc(Cl)ccc1N1CCCCC1)S(=O)(=O)c1ccc(F)cc1. The summed E-state index contributed by atoms with van der Waals surface area (Å²) in [7, 11) is -3.95. The van der Waals surface area contributed by atoms with Crippen LogP contribution in [-0.2, 0) is 14.6 Å². The summed E-state index contributed by atoms with van der Waals surface area (Å²) in [6, 6.07) is 9.65. The van der Waals surface area contributed by atoms with Crippen molar-refractivity contribution in [3.8, 4) is 0 Å². The number of nitrogens with one attached hydrogen (secondary N) is 1. The summed E-state index contributed by atoms with van der Waals surface area (Å²) in [4.78, 5) is 14.8. The van der Waals surface area contributed by atoms with Gasteiger partial charge in [0, 0.05) is 18.1 Å². The van der Waals surface area contributed by atoms with Crippen molar-refractivity contribution >= 4 is 38.7 Å². The van der Waals surface area contributed by atoms with E-state index < -0.39 is 26.8 Å². The molecule has 0 bridgehead atoms. The van der Waals surface area contributed by atoms with Gasteiger partial charge in [0.1, 0.15) is 11.1 Å². The molecule has 2 aromatic rings. The summed E-state index contributed by atoms with van der Waals surface area (Å²) >= 11 is 6.10. The first-order chi connectivity index (χ1) is 13.3. The zero-order chi connectivity index (χ0) is 20.3. The molecular weight excluding hydrogens is 403 g/mol. The van der Waals surface area contributed by atoms with Gasteiger partial charge in [-0.05, 0) is 68.7 Å². The van der Waals surface area contributed by atoms with Crippen LogP contribution in [-0.4, -0.2) is 32.7 Å². The highest BCUT2D eigenvalue weighted by molar-refractivity contribution is 7.92. The fourth-order valence-electron chi connectivity index (χ4n) is 3.22. The van der Waals surface area contributed by atoms with Crippen LogP contribution in [0.3, 0.4) is 0 Å². The molecule has 1 heterocycles. The van der Waals surface area contributed by atoms with Crippen LogP contribution < -0.4 is 10.2 Å². The maximum Gasteiger partial charge on any atom is 0.242 e. The number of hydrogen-bond acceptors (Lipinski definition) is 4. The quantitative estimate of drug-likeness (QED) is 0.728. The van der Waals surface area contributed by atoms with Crippen molar-refractivity contribution in [1.82, 2.24) is 0 Å². The van der Waals surface area contributed by atoms with E-state index in [0.29, 0.717) is 10.7 Å². The van der Waals surface area contributed by atoms with E-state index in [-0.39, 0.29) is 4.90 Å². The van der Waals surface area contributed by atoms with Crippen LogP contribution in [0.4, 0.5) is 15.8 Å². The number of piperidine rings is 1. The third-order valence-corrected chi connectivity index (χ3v) is 7.20. The molecular formula is C20H22ClFN2O3S. The Labute approximate surface area is 169 Å².